The Kier molecular flexibility index (Phi) is 13.3. The molecule has 5 aromatic rings. The van der Waals surface area contributed by atoms with Crippen LogP contribution in [0.3, 0.4) is 0 Å². The van der Waals surface area contributed by atoms with Gasteiger partial charge in [-0.2, -0.15) is 0 Å². The highest BCUT2D eigenvalue weighted by molar-refractivity contribution is 7.13. The smallest absolute Gasteiger partial charge is 0.254 e. The van der Waals surface area contributed by atoms with Crippen LogP contribution in [-0.2, 0) is 9.59 Å². The molecular formula is C48H60N10O6S. The van der Waals surface area contributed by atoms with Crippen molar-refractivity contribution in [1.29, 1.82) is 0 Å². The van der Waals surface area contributed by atoms with Crippen molar-refractivity contribution in [3.8, 4) is 33.3 Å². The minimum absolute atomic E-state index is 0.0643. The largest absolute Gasteiger partial charge is 0.507 e. The molecule has 17 heteroatoms. The number of aliphatic hydroxyl groups excluding tert-OH is 1. The summed E-state index contributed by atoms with van der Waals surface area (Å²) in [4.78, 5) is 42.4. The number of nitrogens with zero attached hydrogens (tertiary/aromatic N) is 8. The molecule has 4 aliphatic heterocycles. The molecule has 9 rings (SSSR count). The lowest BCUT2D eigenvalue weighted by Gasteiger charge is -2.47. The molecule has 4 aliphatic rings. The molecule has 0 saturated carbocycles. The van der Waals surface area contributed by atoms with E-state index in [4.69, 9.17) is 9.26 Å². The molecule has 3 aromatic heterocycles. The van der Waals surface area contributed by atoms with Gasteiger partial charge in [0, 0.05) is 63.9 Å². The minimum Gasteiger partial charge on any atom is -0.507 e. The van der Waals surface area contributed by atoms with E-state index in [0.717, 1.165) is 98.4 Å². The normalized spacial score (nSPS) is 21.4. The number of thiazole rings is 1. The van der Waals surface area contributed by atoms with Gasteiger partial charge < -0.3 is 39.9 Å². The molecule has 4 N–H and O–H groups in total. The molecule has 0 spiro atoms. The molecule has 16 nitrogen and oxygen atoms in total. The first kappa shape index (κ1) is 44.6. The Balaban J connectivity index is 0.725. The maximum absolute atomic E-state index is 14.2. The van der Waals surface area contributed by atoms with Crippen LogP contribution in [0.25, 0.3) is 21.7 Å². The molecule has 0 radical (unpaired) electrons. The number of benzene rings is 2. The van der Waals surface area contributed by atoms with E-state index in [1.165, 1.54) is 4.90 Å². The maximum Gasteiger partial charge on any atom is 0.254 e. The third kappa shape index (κ3) is 9.83. The Morgan fingerprint density at radius 1 is 1.00 bits per heavy atom. The van der Waals surface area contributed by atoms with E-state index in [-0.39, 0.29) is 42.5 Å². The zero-order valence-electron chi connectivity index (χ0n) is 37.6. The summed E-state index contributed by atoms with van der Waals surface area (Å²) in [6.07, 6.45) is 1.60. The summed E-state index contributed by atoms with van der Waals surface area (Å²) in [5.74, 6) is 0.887. The second kappa shape index (κ2) is 19.5. The summed E-state index contributed by atoms with van der Waals surface area (Å²) < 4.78 is 11.8. The first-order valence-electron chi connectivity index (χ1n) is 23.0. The number of aromatic nitrogens is 4. The lowest BCUT2D eigenvalue weighted by Crippen LogP contribution is -2.58. The van der Waals surface area contributed by atoms with Crippen molar-refractivity contribution in [3.05, 3.63) is 83.2 Å². The number of phenols is 1. The first-order chi connectivity index (χ1) is 31.5. The first-order valence-corrected chi connectivity index (χ1v) is 23.9. The predicted molar refractivity (Wildman–Crippen MR) is 249 cm³/mol. The van der Waals surface area contributed by atoms with E-state index in [9.17, 15) is 19.8 Å². The molecule has 2 unspecified atom stereocenters. The number of piperidine rings is 1. The van der Waals surface area contributed by atoms with Crippen LogP contribution in [0.15, 0.2) is 70.7 Å². The summed E-state index contributed by atoms with van der Waals surface area (Å²) >= 11 is 1.59. The Morgan fingerprint density at radius 2 is 1.80 bits per heavy atom. The van der Waals surface area contributed by atoms with Crippen LogP contribution in [0.4, 0.5) is 11.5 Å². The number of phenolic OH excluding ortho intramolecular Hbond substituents is 1. The van der Waals surface area contributed by atoms with Gasteiger partial charge in [0.2, 0.25) is 11.8 Å². The minimum atomic E-state index is -0.817. The number of aliphatic hydroxyl groups is 1. The fourth-order valence-corrected chi connectivity index (χ4v) is 10.8. The summed E-state index contributed by atoms with van der Waals surface area (Å²) in [6, 6.07) is 18.3. The summed E-state index contributed by atoms with van der Waals surface area (Å²) in [6.45, 7) is 15.8. The van der Waals surface area contributed by atoms with Gasteiger partial charge in [0.25, 0.3) is 5.88 Å². The number of hydrogen-bond acceptors (Lipinski definition) is 15. The van der Waals surface area contributed by atoms with E-state index >= 15 is 0 Å². The molecule has 2 aromatic carbocycles. The number of β-amino-alcohol motifs (C(OH)–C–C–N with tert-alkyl or cyclic N) is 1. The highest BCUT2D eigenvalue weighted by Gasteiger charge is 2.44. The molecule has 2 amide bonds. The number of para-hydroxylation sites is 1. The molecule has 0 aliphatic carbocycles. The van der Waals surface area contributed by atoms with Crippen LogP contribution >= 0.6 is 11.3 Å². The molecule has 7 heterocycles. The quantitative estimate of drug-likeness (QED) is 0.109. The number of nitrogens with one attached hydrogen (secondary N) is 2. The molecule has 65 heavy (non-hydrogen) atoms. The molecule has 3 fully saturated rings. The van der Waals surface area contributed by atoms with Gasteiger partial charge in [-0.15, -0.1) is 21.5 Å². The summed E-state index contributed by atoms with van der Waals surface area (Å²) in [5, 5.41) is 40.7. The van der Waals surface area contributed by atoms with Crippen LogP contribution in [0.1, 0.15) is 69.0 Å². The van der Waals surface area contributed by atoms with Crippen LogP contribution < -0.4 is 20.3 Å². The second-order valence-corrected chi connectivity index (χ2v) is 19.3. The lowest BCUT2D eigenvalue weighted by molar-refractivity contribution is -0.141. The summed E-state index contributed by atoms with van der Waals surface area (Å²) in [5.41, 5.74) is 7.23. The average Bonchev–Trinajstić information content (AvgIpc) is 4.07. The van der Waals surface area contributed by atoms with Gasteiger partial charge in [0.15, 0.2) is 11.6 Å². The highest BCUT2D eigenvalue weighted by atomic mass is 32.1. The monoisotopic (exact) mass is 904 g/mol. The Hall–Kier alpha value is -5.62. The van der Waals surface area contributed by atoms with Gasteiger partial charge in [-0.05, 0) is 86.1 Å². The van der Waals surface area contributed by atoms with Crippen molar-refractivity contribution in [2.45, 2.75) is 77.1 Å². The highest BCUT2D eigenvalue weighted by Crippen LogP contribution is 2.37. The van der Waals surface area contributed by atoms with Crippen molar-refractivity contribution in [1.82, 2.24) is 40.4 Å². The van der Waals surface area contributed by atoms with Crippen molar-refractivity contribution in [3.63, 3.8) is 0 Å². The van der Waals surface area contributed by atoms with Gasteiger partial charge in [0.05, 0.1) is 45.7 Å². The number of amides is 2. The Morgan fingerprint density at radius 3 is 2.55 bits per heavy atom. The average molecular weight is 905 g/mol. The van der Waals surface area contributed by atoms with E-state index in [1.807, 2.05) is 81.7 Å². The lowest BCUT2D eigenvalue weighted by atomic mass is 9.91. The number of aryl methyl sites for hydroxylation is 1. The van der Waals surface area contributed by atoms with Crippen LogP contribution in [0.5, 0.6) is 11.6 Å². The van der Waals surface area contributed by atoms with E-state index in [2.05, 4.69) is 45.7 Å². The number of likely N-dealkylation sites (tertiary alicyclic amines) is 2. The standard InChI is InChI=1S/C48H60N10O6S/c1-29(2)44(48(62)58-27-36(59)21-40(58)47(61)51-30(3)33-9-11-34(12-10-33)45-31(4)50-28-65-45)42-23-43(54-64-42)63-20-19-55-15-13-32(14-16-55)25-56-17-18-57-35(26-56)24-49-46-39(57)22-38(52-53-46)37-7-5-6-8-41(37)60/h5-12,22-23,28-30,32,35-36,40,44,59-60H,13-21,24-27H2,1-4H3,(H,49,53)(H,51,61)/t30?,35-,36+,40-,44?/m0/s1. The predicted octanol–water partition coefficient (Wildman–Crippen LogP) is 5.56. The zero-order chi connectivity index (χ0) is 45.2. The van der Waals surface area contributed by atoms with Crippen molar-refractivity contribution >= 4 is 34.7 Å². The summed E-state index contributed by atoms with van der Waals surface area (Å²) in [7, 11) is 0. The van der Waals surface area contributed by atoms with Gasteiger partial charge >= 0.3 is 0 Å². The fraction of sp³-hybridized carbons (Fsp3) is 0.500. The molecule has 344 valence electrons. The topological polar surface area (TPSA) is 186 Å². The van der Waals surface area contributed by atoms with E-state index in [1.54, 1.807) is 23.5 Å². The number of piperazine rings is 1. The number of fused-ring (bicyclic) bond motifs is 3. The van der Waals surface area contributed by atoms with Gasteiger partial charge in [-0.3, -0.25) is 19.4 Å². The third-order valence-electron chi connectivity index (χ3n) is 13.6. The van der Waals surface area contributed by atoms with Gasteiger partial charge in [-0.1, -0.05) is 50.2 Å². The fourth-order valence-electron chi connectivity index (χ4n) is 9.98. The molecular weight excluding hydrogens is 845 g/mol. The van der Waals surface area contributed by atoms with E-state index < -0.39 is 18.1 Å². The number of ether oxygens (including phenoxy) is 1. The molecule has 5 atom stereocenters. The number of aromatic hydroxyl groups is 1. The molecule has 0 bridgehead atoms. The van der Waals surface area contributed by atoms with Gasteiger partial charge in [0.1, 0.15) is 24.3 Å². The van der Waals surface area contributed by atoms with Crippen molar-refractivity contribution in [2.75, 3.05) is 75.7 Å². The SMILES string of the molecule is Cc1ncsc1-c1ccc(C(C)NC(=O)[C@@H]2C[C@@H](O)CN2C(=O)C(c2cc(OCCN3CCC(CN4CCN5c6cc(-c7ccccc7O)nnc6NC[C@H]5C4)CC3)no2)C(C)C)cc1. The van der Waals surface area contributed by atoms with Crippen molar-refractivity contribution in [2.24, 2.45) is 11.8 Å². The third-order valence-corrected chi connectivity index (χ3v) is 14.6. The number of anilines is 2. The van der Waals surface area contributed by atoms with E-state index in [0.29, 0.717) is 41.5 Å². The molecule has 3 saturated heterocycles. The Bertz CT molecular complexity index is 2440. The van der Waals surface area contributed by atoms with Gasteiger partial charge in [-0.25, -0.2) is 4.98 Å². The zero-order valence-corrected chi connectivity index (χ0v) is 38.4. The number of hydrogen-bond donors (Lipinski definition) is 4. The number of carbonyl (C=O) groups is 2. The number of rotatable bonds is 14. The number of carbonyl (C=O) groups excluding carboxylic acids is 2. The maximum atomic E-state index is 14.2. The van der Waals surface area contributed by atoms with Crippen LogP contribution in [0.2, 0.25) is 0 Å². The van der Waals surface area contributed by atoms with Crippen molar-refractivity contribution < 1.29 is 29.1 Å². The van der Waals surface area contributed by atoms with Crippen LogP contribution in [0, 0.1) is 18.8 Å². The second-order valence-electron chi connectivity index (χ2n) is 18.4. The Labute approximate surface area is 384 Å². The van der Waals surface area contributed by atoms with Crippen LogP contribution in [-0.4, -0.2) is 141 Å².